The van der Waals surface area contributed by atoms with E-state index in [1.165, 1.54) is 0 Å². The summed E-state index contributed by atoms with van der Waals surface area (Å²) in [5.74, 6) is 0.972. The van der Waals surface area contributed by atoms with E-state index in [-0.39, 0.29) is 17.1 Å². The van der Waals surface area contributed by atoms with Crippen LogP contribution in [0.15, 0.2) is 0 Å². The van der Waals surface area contributed by atoms with Gasteiger partial charge in [0.25, 0.3) is 5.91 Å². The van der Waals surface area contributed by atoms with Crippen LogP contribution in [-0.2, 0) is 5.41 Å². The second-order valence-corrected chi connectivity index (χ2v) is 6.21. The highest BCUT2D eigenvalue weighted by atomic mass is 16.2. The molecule has 1 aromatic rings. The van der Waals surface area contributed by atoms with Crippen LogP contribution < -0.4 is 0 Å². The first-order valence-electron chi connectivity index (χ1n) is 6.78. The number of aromatic nitrogens is 3. The Morgan fingerprint density at radius 1 is 1.21 bits per heavy atom. The molecule has 1 aliphatic heterocycles. The number of nitrogens with zero attached hydrogens (tertiary/aromatic N) is 4. The summed E-state index contributed by atoms with van der Waals surface area (Å²) in [6.45, 7) is 9.60. The molecular formula is C13H23N5O. The van der Waals surface area contributed by atoms with Crippen LogP contribution in [0.1, 0.15) is 43.6 Å². The number of carbonyl (C=O) groups is 1. The normalized spacial score (nSPS) is 18.4. The molecule has 0 aromatic carbocycles. The molecule has 1 aromatic heterocycles. The molecule has 106 valence electrons. The van der Waals surface area contributed by atoms with Gasteiger partial charge in [-0.3, -0.25) is 9.89 Å². The van der Waals surface area contributed by atoms with Crippen molar-refractivity contribution in [2.24, 2.45) is 0 Å². The van der Waals surface area contributed by atoms with Gasteiger partial charge in [0, 0.05) is 25.0 Å². The summed E-state index contributed by atoms with van der Waals surface area (Å²) >= 11 is 0. The number of hydrogen-bond acceptors (Lipinski definition) is 4. The lowest BCUT2D eigenvalue weighted by Gasteiger charge is -2.18. The van der Waals surface area contributed by atoms with Crippen molar-refractivity contribution in [1.82, 2.24) is 25.0 Å². The van der Waals surface area contributed by atoms with E-state index < -0.39 is 0 Å². The van der Waals surface area contributed by atoms with Gasteiger partial charge < -0.3 is 9.80 Å². The second kappa shape index (κ2) is 5.28. The van der Waals surface area contributed by atoms with Crippen LogP contribution in [0.5, 0.6) is 0 Å². The predicted molar refractivity (Wildman–Crippen MR) is 73.1 cm³/mol. The largest absolute Gasteiger partial charge is 0.335 e. The topological polar surface area (TPSA) is 65.1 Å². The third-order valence-corrected chi connectivity index (χ3v) is 3.39. The van der Waals surface area contributed by atoms with Crippen LogP contribution in [0.4, 0.5) is 0 Å². The summed E-state index contributed by atoms with van der Waals surface area (Å²) in [6.07, 6.45) is 0.999. The van der Waals surface area contributed by atoms with Crippen LogP contribution in [0.2, 0.25) is 0 Å². The minimum Gasteiger partial charge on any atom is -0.335 e. The molecule has 0 bridgehead atoms. The maximum Gasteiger partial charge on any atom is 0.293 e. The Morgan fingerprint density at radius 2 is 1.95 bits per heavy atom. The number of H-pyrrole nitrogens is 1. The van der Waals surface area contributed by atoms with Crippen LogP contribution in [0.3, 0.4) is 0 Å². The van der Waals surface area contributed by atoms with Gasteiger partial charge >= 0.3 is 0 Å². The van der Waals surface area contributed by atoms with Gasteiger partial charge in [-0.05, 0) is 20.0 Å². The number of carbonyl (C=O) groups excluding carboxylic acids is 1. The van der Waals surface area contributed by atoms with E-state index in [4.69, 9.17) is 0 Å². The van der Waals surface area contributed by atoms with E-state index >= 15 is 0 Å². The highest BCUT2D eigenvalue weighted by Gasteiger charge is 2.25. The van der Waals surface area contributed by atoms with Crippen molar-refractivity contribution in [2.45, 2.75) is 32.6 Å². The summed E-state index contributed by atoms with van der Waals surface area (Å²) in [5.41, 5.74) is -0.121. The minimum atomic E-state index is -0.121. The first kappa shape index (κ1) is 14.0. The van der Waals surface area contributed by atoms with Gasteiger partial charge in [-0.2, -0.15) is 0 Å². The molecular weight excluding hydrogens is 242 g/mol. The molecule has 1 saturated heterocycles. The van der Waals surface area contributed by atoms with Crippen LogP contribution in [0, 0.1) is 0 Å². The van der Waals surface area contributed by atoms with Crippen LogP contribution >= 0.6 is 0 Å². The zero-order valence-corrected chi connectivity index (χ0v) is 12.2. The Kier molecular flexibility index (Phi) is 3.89. The Labute approximate surface area is 114 Å². The molecule has 2 heterocycles. The van der Waals surface area contributed by atoms with Gasteiger partial charge in [0.1, 0.15) is 5.82 Å². The molecule has 1 amide bonds. The summed E-state index contributed by atoms with van der Waals surface area (Å²) in [6, 6.07) is 0. The van der Waals surface area contributed by atoms with Gasteiger partial charge in [0.15, 0.2) is 0 Å². The summed E-state index contributed by atoms with van der Waals surface area (Å²) in [4.78, 5) is 20.8. The molecule has 0 atom stereocenters. The van der Waals surface area contributed by atoms with Crippen molar-refractivity contribution in [2.75, 3.05) is 33.2 Å². The van der Waals surface area contributed by atoms with E-state index in [2.05, 4.69) is 27.1 Å². The smallest absolute Gasteiger partial charge is 0.293 e. The van der Waals surface area contributed by atoms with Crippen molar-refractivity contribution < 1.29 is 4.79 Å². The third kappa shape index (κ3) is 3.32. The first-order valence-corrected chi connectivity index (χ1v) is 6.78. The van der Waals surface area contributed by atoms with Gasteiger partial charge in [0.05, 0.1) is 0 Å². The second-order valence-electron chi connectivity index (χ2n) is 6.21. The Hall–Kier alpha value is -1.43. The van der Waals surface area contributed by atoms with Gasteiger partial charge in [0.2, 0.25) is 5.82 Å². The monoisotopic (exact) mass is 265 g/mol. The SMILES string of the molecule is CN1CCCN(C(=O)c2n[nH]c(C(C)(C)C)n2)CC1. The highest BCUT2D eigenvalue weighted by molar-refractivity contribution is 5.90. The van der Waals surface area contributed by atoms with Crippen molar-refractivity contribution in [3.8, 4) is 0 Å². The van der Waals surface area contributed by atoms with Crippen LogP contribution in [0.25, 0.3) is 0 Å². The molecule has 0 spiro atoms. The maximum atomic E-state index is 12.4. The Balaban J connectivity index is 2.09. The summed E-state index contributed by atoms with van der Waals surface area (Å²) in [5, 5.41) is 6.94. The molecule has 1 aliphatic rings. The van der Waals surface area contributed by atoms with E-state index in [1.54, 1.807) is 0 Å². The van der Waals surface area contributed by atoms with Gasteiger partial charge in [-0.1, -0.05) is 20.8 Å². The van der Waals surface area contributed by atoms with Gasteiger partial charge in [-0.15, -0.1) is 5.10 Å². The molecule has 6 nitrogen and oxygen atoms in total. The average Bonchev–Trinajstić information content (AvgIpc) is 2.73. The molecule has 0 unspecified atom stereocenters. The fraction of sp³-hybridized carbons (Fsp3) is 0.769. The first-order chi connectivity index (χ1) is 8.88. The standard InChI is InChI=1S/C13H23N5O/c1-13(2,3)12-14-10(15-16-12)11(19)18-7-5-6-17(4)8-9-18/h5-9H2,1-4H3,(H,14,15,16). The molecule has 0 saturated carbocycles. The lowest BCUT2D eigenvalue weighted by Crippen LogP contribution is -2.35. The summed E-state index contributed by atoms with van der Waals surface area (Å²) in [7, 11) is 2.08. The van der Waals surface area contributed by atoms with Crippen molar-refractivity contribution in [3.63, 3.8) is 0 Å². The molecule has 1 fully saturated rings. The number of rotatable bonds is 1. The zero-order valence-electron chi connectivity index (χ0n) is 12.2. The van der Waals surface area contributed by atoms with E-state index in [1.807, 2.05) is 25.7 Å². The third-order valence-electron chi connectivity index (χ3n) is 3.39. The fourth-order valence-corrected chi connectivity index (χ4v) is 2.08. The maximum absolute atomic E-state index is 12.4. The Bertz CT molecular complexity index is 448. The quantitative estimate of drug-likeness (QED) is 0.818. The number of aromatic amines is 1. The van der Waals surface area contributed by atoms with E-state index in [9.17, 15) is 4.79 Å². The molecule has 0 aliphatic carbocycles. The van der Waals surface area contributed by atoms with Gasteiger partial charge in [-0.25, -0.2) is 4.98 Å². The number of likely N-dealkylation sites (N-methyl/N-ethyl adjacent to an activating group) is 1. The minimum absolute atomic E-state index is 0.0675. The molecule has 19 heavy (non-hydrogen) atoms. The number of nitrogens with one attached hydrogen (secondary N) is 1. The lowest BCUT2D eigenvalue weighted by atomic mass is 9.96. The van der Waals surface area contributed by atoms with Crippen LogP contribution in [-0.4, -0.2) is 64.1 Å². The average molecular weight is 265 g/mol. The number of amides is 1. The Morgan fingerprint density at radius 3 is 2.58 bits per heavy atom. The van der Waals surface area contributed by atoms with Crippen molar-refractivity contribution in [1.29, 1.82) is 0 Å². The van der Waals surface area contributed by atoms with E-state index in [0.717, 1.165) is 38.4 Å². The summed E-state index contributed by atoms with van der Waals surface area (Å²) < 4.78 is 0. The molecule has 1 N–H and O–H groups in total. The van der Waals surface area contributed by atoms with E-state index in [0.29, 0.717) is 0 Å². The molecule has 6 heteroatoms. The highest BCUT2D eigenvalue weighted by Crippen LogP contribution is 2.17. The predicted octanol–water partition coefficient (Wildman–Crippen LogP) is 0.880. The number of hydrogen-bond donors (Lipinski definition) is 1. The molecule has 0 radical (unpaired) electrons. The zero-order chi connectivity index (χ0) is 14.0. The van der Waals surface area contributed by atoms with Crippen molar-refractivity contribution in [3.05, 3.63) is 11.6 Å². The lowest BCUT2D eigenvalue weighted by molar-refractivity contribution is 0.0751. The fourth-order valence-electron chi connectivity index (χ4n) is 2.08. The molecule has 2 rings (SSSR count). The van der Waals surface area contributed by atoms with Crippen molar-refractivity contribution >= 4 is 5.91 Å².